The van der Waals surface area contributed by atoms with Crippen LogP contribution in [-0.2, 0) is 0 Å². The van der Waals surface area contributed by atoms with Crippen LogP contribution in [-0.4, -0.2) is 0 Å². The summed E-state index contributed by atoms with van der Waals surface area (Å²) in [4.78, 5) is 0. The molecule has 0 spiro atoms. The van der Waals surface area contributed by atoms with Crippen molar-refractivity contribution in [3.05, 3.63) is 84.8 Å². The Labute approximate surface area is 153 Å². The van der Waals surface area contributed by atoms with Gasteiger partial charge in [-0.05, 0) is 72.8 Å². The van der Waals surface area contributed by atoms with Gasteiger partial charge in [-0.25, -0.2) is 0 Å². The summed E-state index contributed by atoms with van der Waals surface area (Å²) in [5, 5.41) is 0. The molecule has 5 rings (SSSR count). The van der Waals surface area contributed by atoms with E-state index in [-0.39, 0.29) is 0 Å². The van der Waals surface area contributed by atoms with Crippen LogP contribution >= 0.6 is 45.3 Å². The maximum Gasteiger partial charge on any atom is 0.0449 e. The van der Waals surface area contributed by atoms with Gasteiger partial charge < -0.3 is 0 Å². The first-order chi connectivity index (χ1) is 11.8. The molecule has 0 atom stereocenters. The minimum absolute atomic E-state index is 1.30. The first-order valence-electron chi connectivity index (χ1n) is 7.60. The van der Waals surface area contributed by atoms with Gasteiger partial charge in [0, 0.05) is 36.3 Å². The Balaban J connectivity index is 1.96. The maximum absolute atomic E-state index is 2.23. The van der Waals surface area contributed by atoms with Gasteiger partial charge in [0.05, 0.1) is 0 Å². The van der Waals surface area contributed by atoms with Crippen LogP contribution in [0.1, 0.15) is 0 Å². The lowest BCUT2D eigenvalue weighted by molar-refractivity contribution is 1.76. The fourth-order valence-electron chi connectivity index (χ4n) is 2.63. The second kappa shape index (κ2) is 5.97. The number of hydrogen-bond acceptors (Lipinski definition) is 4. The van der Waals surface area contributed by atoms with Crippen LogP contribution in [0.3, 0.4) is 0 Å². The van der Waals surface area contributed by atoms with Gasteiger partial charge in [0.2, 0.25) is 0 Å². The monoisotopic (exact) mass is 380 g/mol. The van der Waals surface area contributed by atoms with Crippen molar-refractivity contribution < 1.29 is 0 Å². The molecule has 4 aromatic rings. The Morgan fingerprint density at radius 1 is 0.333 bits per heavy atom. The quantitative estimate of drug-likeness (QED) is 0.439. The third-order valence-electron chi connectivity index (χ3n) is 3.82. The Morgan fingerprint density at radius 2 is 0.583 bits per heavy atom. The Morgan fingerprint density at radius 3 is 0.833 bits per heavy atom. The molecular formula is C20H12S4. The van der Waals surface area contributed by atoms with Crippen molar-refractivity contribution in [1.29, 1.82) is 0 Å². The van der Waals surface area contributed by atoms with E-state index in [1.165, 1.54) is 36.3 Å². The molecule has 0 saturated carbocycles. The van der Waals surface area contributed by atoms with Crippen LogP contribution in [0.15, 0.2) is 48.5 Å². The molecular weight excluding hydrogens is 368 g/mol. The summed E-state index contributed by atoms with van der Waals surface area (Å²) in [6.07, 6.45) is 8.90. The predicted molar refractivity (Wildman–Crippen MR) is 109 cm³/mol. The smallest absolute Gasteiger partial charge is 0.0449 e. The fourth-order valence-corrected chi connectivity index (χ4v) is 6.45. The molecule has 4 aromatic heterocycles. The SMILES string of the molecule is C1=c2/cc/c(s2)=c2\cc/c(s2)=C/C=c2/cc/c(s2)=c2\cc/c(s2)=C/1. The van der Waals surface area contributed by atoms with Crippen molar-refractivity contribution in [3.8, 4) is 0 Å². The highest BCUT2D eigenvalue weighted by Gasteiger charge is 1.93. The van der Waals surface area contributed by atoms with Crippen LogP contribution in [0.2, 0.25) is 0 Å². The summed E-state index contributed by atoms with van der Waals surface area (Å²) in [6.45, 7) is 0. The van der Waals surface area contributed by atoms with E-state index in [4.69, 9.17) is 0 Å². The third kappa shape index (κ3) is 2.76. The van der Waals surface area contributed by atoms with E-state index in [1.54, 1.807) is 0 Å². The van der Waals surface area contributed by atoms with Gasteiger partial charge in [0.15, 0.2) is 0 Å². The van der Waals surface area contributed by atoms with Gasteiger partial charge in [0.1, 0.15) is 0 Å². The zero-order chi connectivity index (χ0) is 15.9. The van der Waals surface area contributed by atoms with Crippen molar-refractivity contribution in [2.75, 3.05) is 0 Å². The normalized spacial score (nSPS) is 21.3. The molecule has 8 bridgehead atoms. The molecule has 0 saturated heterocycles. The molecule has 1 aliphatic heterocycles. The van der Waals surface area contributed by atoms with Crippen LogP contribution in [0.4, 0.5) is 0 Å². The van der Waals surface area contributed by atoms with E-state index in [9.17, 15) is 0 Å². The number of rotatable bonds is 0. The van der Waals surface area contributed by atoms with Crippen molar-refractivity contribution >= 4 is 69.7 Å². The van der Waals surface area contributed by atoms with E-state index in [0.717, 1.165) is 0 Å². The van der Waals surface area contributed by atoms with Crippen molar-refractivity contribution in [1.82, 2.24) is 0 Å². The fraction of sp³-hybridized carbons (Fsp3) is 0. The lowest BCUT2D eigenvalue weighted by Gasteiger charge is -1.75. The molecule has 0 fully saturated rings. The molecule has 0 nitrogen and oxygen atoms in total. The molecule has 0 aromatic carbocycles. The lowest BCUT2D eigenvalue weighted by atomic mass is 10.4. The zero-order valence-corrected chi connectivity index (χ0v) is 15.8. The van der Waals surface area contributed by atoms with E-state index in [1.807, 2.05) is 45.3 Å². The van der Waals surface area contributed by atoms with Gasteiger partial charge in [0.25, 0.3) is 0 Å². The molecule has 0 aliphatic carbocycles. The Hall–Kier alpha value is -1.72. The standard InChI is InChI=1S/C20H12S4/c1-2-14-6-10-19(22-14)20-12-8-16(24-20)4-3-15-7-11-18(23-15)17-9-5-13(1)21-17/h1-12H/b2-1?,4-3?,13-1-,14-2-,15-3-,16-4-,18-17-,20-19-. The van der Waals surface area contributed by atoms with Crippen LogP contribution < -0.4 is 18.1 Å². The lowest BCUT2D eigenvalue weighted by Crippen LogP contribution is -1.91. The summed E-state index contributed by atoms with van der Waals surface area (Å²) in [5.74, 6) is 0. The molecule has 116 valence electrons. The summed E-state index contributed by atoms with van der Waals surface area (Å²) in [5.41, 5.74) is 0. The van der Waals surface area contributed by atoms with Crippen LogP contribution in [0.5, 0.6) is 0 Å². The summed E-state index contributed by atoms with van der Waals surface area (Å²) in [6, 6.07) is 17.8. The van der Waals surface area contributed by atoms with E-state index < -0.39 is 0 Å². The van der Waals surface area contributed by atoms with Crippen LogP contribution in [0, 0.1) is 18.1 Å². The second-order valence-electron chi connectivity index (χ2n) is 5.47. The largest absolute Gasteiger partial charge is 0.135 e. The van der Waals surface area contributed by atoms with Crippen molar-refractivity contribution in [2.24, 2.45) is 0 Å². The highest BCUT2D eigenvalue weighted by molar-refractivity contribution is 7.12. The summed E-state index contributed by atoms with van der Waals surface area (Å²) in [7, 11) is 0. The molecule has 0 amide bonds. The average Bonchev–Trinajstić information content (AvgIpc) is 3.37. The molecule has 4 heteroatoms. The van der Waals surface area contributed by atoms with Crippen molar-refractivity contribution in [2.45, 2.75) is 0 Å². The summed E-state index contributed by atoms with van der Waals surface area (Å²) >= 11 is 7.42. The van der Waals surface area contributed by atoms with Crippen molar-refractivity contribution in [3.63, 3.8) is 0 Å². The third-order valence-corrected chi connectivity index (χ3v) is 8.41. The first kappa shape index (κ1) is 14.6. The number of fused-ring (bicyclic) bond motifs is 8. The van der Waals surface area contributed by atoms with Crippen LogP contribution in [0.25, 0.3) is 24.3 Å². The number of hydrogen-bond donors (Lipinski definition) is 0. The highest BCUT2D eigenvalue weighted by atomic mass is 32.1. The molecule has 0 N–H and O–H groups in total. The second-order valence-corrected chi connectivity index (χ2v) is 9.94. The minimum Gasteiger partial charge on any atom is -0.135 e. The molecule has 0 radical (unpaired) electrons. The average molecular weight is 381 g/mol. The van der Waals surface area contributed by atoms with Gasteiger partial charge >= 0.3 is 0 Å². The molecule has 1 aliphatic rings. The first-order valence-corrected chi connectivity index (χ1v) is 10.9. The highest BCUT2D eigenvalue weighted by Crippen LogP contribution is 2.05. The van der Waals surface area contributed by atoms with E-state index in [0.29, 0.717) is 0 Å². The van der Waals surface area contributed by atoms with Gasteiger partial charge in [-0.2, -0.15) is 0 Å². The molecule has 5 heterocycles. The van der Waals surface area contributed by atoms with E-state index >= 15 is 0 Å². The topological polar surface area (TPSA) is 0 Å². The zero-order valence-electron chi connectivity index (χ0n) is 12.6. The molecule has 24 heavy (non-hydrogen) atoms. The predicted octanol–water partition coefficient (Wildman–Crippen LogP) is 3.34. The summed E-state index contributed by atoms with van der Waals surface area (Å²) < 4.78 is 10.6. The van der Waals surface area contributed by atoms with Gasteiger partial charge in [-0.1, -0.05) is 0 Å². The van der Waals surface area contributed by atoms with E-state index in [2.05, 4.69) is 72.8 Å². The molecule has 0 unspecified atom stereocenters. The maximum atomic E-state index is 2.23. The number of thiophene rings is 4. The minimum atomic E-state index is 1.30. The van der Waals surface area contributed by atoms with Gasteiger partial charge in [-0.3, -0.25) is 0 Å². The Kier molecular flexibility index (Phi) is 3.64. The Bertz CT molecular complexity index is 1230. The van der Waals surface area contributed by atoms with Gasteiger partial charge in [-0.15, -0.1) is 45.3 Å².